The summed E-state index contributed by atoms with van der Waals surface area (Å²) in [6.45, 7) is 1.72. The third-order valence-electron chi connectivity index (χ3n) is 3.17. The molecule has 1 N–H and O–H groups in total. The summed E-state index contributed by atoms with van der Waals surface area (Å²) in [7, 11) is 0. The number of aromatic nitrogens is 3. The minimum absolute atomic E-state index is 0.580. The van der Waals surface area contributed by atoms with Crippen LogP contribution in [0, 0.1) is 0 Å². The fraction of sp³-hybridized carbons (Fsp3) is 0.125. The molecule has 0 saturated carbocycles. The molecule has 0 amide bonds. The number of pyridine rings is 1. The lowest BCUT2D eigenvalue weighted by molar-refractivity contribution is 0.198. The first-order chi connectivity index (χ1) is 9.75. The summed E-state index contributed by atoms with van der Waals surface area (Å²) in [5.74, 6) is 0.657. The van der Waals surface area contributed by atoms with Gasteiger partial charge in [0.05, 0.1) is 12.3 Å². The molecule has 0 spiro atoms. The lowest BCUT2D eigenvalue weighted by Gasteiger charge is -2.10. The van der Waals surface area contributed by atoms with Crippen molar-refractivity contribution in [1.82, 2.24) is 14.8 Å². The number of rotatable bonds is 3. The SMILES string of the molecule is C[C@H](O)c1cccnc1-n1cc(-c2ccccc2)cn1. The van der Waals surface area contributed by atoms with Crippen LogP contribution in [0.5, 0.6) is 0 Å². The van der Waals surface area contributed by atoms with Gasteiger partial charge >= 0.3 is 0 Å². The molecule has 1 atom stereocenters. The van der Waals surface area contributed by atoms with Crippen LogP contribution in [0.2, 0.25) is 0 Å². The molecule has 4 nitrogen and oxygen atoms in total. The van der Waals surface area contributed by atoms with Crippen LogP contribution in [0.3, 0.4) is 0 Å². The zero-order chi connectivity index (χ0) is 13.9. The number of hydrogen-bond acceptors (Lipinski definition) is 3. The maximum absolute atomic E-state index is 9.81. The van der Waals surface area contributed by atoms with E-state index in [2.05, 4.69) is 10.1 Å². The summed E-state index contributed by atoms with van der Waals surface area (Å²) in [6, 6.07) is 13.7. The summed E-state index contributed by atoms with van der Waals surface area (Å²) < 4.78 is 1.70. The molecule has 0 bridgehead atoms. The summed E-state index contributed by atoms with van der Waals surface area (Å²) >= 11 is 0. The Morgan fingerprint density at radius 3 is 2.60 bits per heavy atom. The van der Waals surface area contributed by atoms with Crippen LogP contribution in [0.1, 0.15) is 18.6 Å². The van der Waals surface area contributed by atoms with Crippen molar-refractivity contribution in [2.75, 3.05) is 0 Å². The predicted octanol–water partition coefficient (Wildman–Crippen LogP) is 2.99. The van der Waals surface area contributed by atoms with Gasteiger partial charge in [-0.2, -0.15) is 5.10 Å². The van der Waals surface area contributed by atoms with Gasteiger partial charge in [0, 0.05) is 23.5 Å². The molecule has 0 radical (unpaired) electrons. The van der Waals surface area contributed by atoms with E-state index < -0.39 is 6.10 Å². The molecule has 0 saturated heterocycles. The number of hydrogen-bond donors (Lipinski definition) is 1. The van der Waals surface area contributed by atoms with E-state index in [0.717, 1.165) is 16.7 Å². The van der Waals surface area contributed by atoms with Crippen molar-refractivity contribution < 1.29 is 5.11 Å². The molecule has 0 fully saturated rings. The largest absolute Gasteiger partial charge is 0.389 e. The Bertz CT molecular complexity index is 705. The van der Waals surface area contributed by atoms with Crippen molar-refractivity contribution in [2.45, 2.75) is 13.0 Å². The molecule has 0 aliphatic carbocycles. The van der Waals surface area contributed by atoms with Crippen LogP contribution in [0.25, 0.3) is 16.9 Å². The smallest absolute Gasteiger partial charge is 0.159 e. The fourth-order valence-electron chi connectivity index (χ4n) is 2.15. The second kappa shape index (κ2) is 5.27. The van der Waals surface area contributed by atoms with Gasteiger partial charge in [-0.05, 0) is 18.6 Å². The Hall–Kier alpha value is -2.46. The number of benzene rings is 1. The van der Waals surface area contributed by atoms with Crippen molar-refractivity contribution in [3.05, 3.63) is 66.6 Å². The van der Waals surface area contributed by atoms with Crippen LogP contribution in [0.4, 0.5) is 0 Å². The van der Waals surface area contributed by atoms with Crippen LogP contribution < -0.4 is 0 Å². The number of aliphatic hydroxyl groups excluding tert-OH is 1. The summed E-state index contributed by atoms with van der Waals surface area (Å²) in [5, 5.41) is 14.2. The average molecular weight is 265 g/mol. The first kappa shape index (κ1) is 12.6. The van der Waals surface area contributed by atoms with E-state index in [1.807, 2.05) is 48.7 Å². The summed E-state index contributed by atoms with van der Waals surface area (Å²) in [4.78, 5) is 4.32. The molecule has 100 valence electrons. The van der Waals surface area contributed by atoms with Crippen LogP contribution in [-0.2, 0) is 0 Å². The van der Waals surface area contributed by atoms with E-state index in [1.165, 1.54) is 0 Å². The molecule has 0 aliphatic heterocycles. The molecule has 3 aromatic rings. The monoisotopic (exact) mass is 265 g/mol. The van der Waals surface area contributed by atoms with Gasteiger partial charge in [-0.25, -0.2) is 9.67 Å². The van der Waals surface area contributed by atoms with Gasteiger partial charge in [-0.3, -0.25) is 0 Å². The second-order valence-corrected chi connectivity index (χ2v) is 4.63. The number of aliphatic hydroxyl groups is 1. The molecular formula is C16H15N3O. The molecule has 20 heavy (non-hydrogen) atoms. The van der Waals surface area contributed by atoms with Crippen molar-refractivity contribution >= 4 is 0 Å². The van der Waals surface area contributed by atoms with E-state index >= 15 is 0 Å². The Kier molecular flexibility index (Phi) is 3.31. The zero-order valence-corrected chi connectivity index (χ0v) is 11.1. The van der Waals surface area contributed by atoms with Crippen molar-refractivity contribution in [3.63, 3.8) is 0 Å². The molecule has 2 aromatic heterocycles. The van der Waals surface area contributed by atoms with Gasteiger partial charge < -0.3 is 5.11 Å². The zero-order valence-electron chi connectivity index (χ0n) is 11.1. The lowest BCUT2D eigenvalue weighted by atomic mass is 10.1. The summed E-state index contributed by atoms with van der Waals surface area (Å²) in [6.07, 6.45) is 4.84. The number of nitrogens with zero attached hydrogens (tertiary/aromatic N) is 3. The Labute approximate surface area is 117 Å². The maximum Gasteiger partial charge on any atom is 0.159 e. The standard InChI is InChI=1S/C16H15N3O/c1-12(20)15-8-5-9-17-16(15)19-11-14(10-18-19)13-6-3-2-4-7-13/h2-12,20H,1H3/t12-/m0/s1. The van der Waals surface area contributed by atoms with E-state index in [-0.39, 0.29) is 0 Å². The molecule has 0 aliphatic rings. The molecule has 0 unspecified atom stereocenters. The molecule has 3 rings (SSSR count). The quantitative estimate of drug-likeness (QED) is 0.792. The topological polar surface area (TPSA) is 50.9 Å². The molecule has 1 aromatic carbocycles. The van der Waals surface area contributed by atoms with Crippen molar-refractivity contribution in [3.8, 4) is 16.9 Å². The van der Waals surface area contributed by atoms with Gasteiger partial charge in [0.15, 0.2) is 5.82 Å². The van der Waals surface area contributed by atoms with Gasteiger partial charge in [-0.1, -0.05) is 36.4 Å². The Morgan fingerprint density at radius 2 is 1.85 bits per heavy atom. The van der Waals surface area contributed by atoms with Gasteiger partial charge in [0.2, 0.25) is 0 Å². The lowest BCUT2D eigenvalue weighted by Crippen LogP contribution is -2.05. The predicted molar refractivity (Wildman–Crippen MR) is 77.4 cm³/mol. The van der Waals surface area contributed by atoms with Gasteiger partial charge in [-0.15, -0.1) is 0 Å². The highest BCUT2D eigenvalue weighted by Gasteiger charge is 2.11. The van der Waals surface area contributed by atoms with Crippen LogP contribution in [0.15, 0.2) is 61.1 Å². The van der Waals surface area contributed by atoms with Crippen molar-refractivity contribution in [2.24, 2.45) is 0 Å². The minimum Gasteiger partial charge on any atom is -0.389 e. The first-order valence-electron chi connectivity index (χ1n) is 6.49. The Balaban J connectivity index is 2.03. The van der Waals surface area contributed by atoms with E-state index in [0.29, 0.717) is 5.82 Å². The van der Waals surface area contributed by atoms with Gasteiger partial charge in [0.1, 0.15) is 0 Å². The second-order valence-electron chi connectivity index (χ2n) is 4.63. The van der Waals surface area contributed by atoms with E-state index in [9.17, 15) is 5.11 Å². The van der Waals surface area contributed by atoms with Crippen LogP contribution in [-0.4, -0.2) is 19.9 Å². The molecule has 4 heteroatoms. The normalized spacial score (nSPS) is 12.3. The first-order valence-corrected chi connectivity index (χ1v) is 6.49. The fourth-order valence-corrected chi connectivity index (χ4v) is 2.15. The highest BCUT2D eigenvalue weighted by atomic mass is 16.3. The minimum atomic E-state index is -0.580. The third-order valence-corrected chi connectivity index (χ3v) is 3.17. The Morgan fingerprint density at radius 1 is 1.05 bits per heavy atom. The summed E-state index contributed by atoms with van der Waals surface area (Å²) in [5.41, 5.74) is 2.89. The highest BCUT2D eigenvalue weighted by molar-refractivity contribution is 5.62. The van der Waals surface area contributed by atoms with Gasteiger partial charge in [0.25, 0.3) is 0 Å². The van der Waals surface area contributed by atoms with Crippen LogP contribution >= 0.6 is 0 Å². The molecule has 2 heterocycles. The van der Waals surface area contributed by atoms with E-state index in [4.69, 9.17) is 0 Å². The molecular weight excluding hydrogens is 250 g/mol. The average Bonchev–Trinajstić information content (AvgIpc) is 2.98. The third kappa shape index (κ3) is 2.33. The van der Waals surface area contributed by atoms with Crippen molar-refractivity contribution in [1.29, 1.82) is 0 Å². The van der Waals surface area contributed by atoms with E-state index in [1.54, 1.807) is 24.0 Å². The highest BCUT2D eigenvalue weighted by Crippen LogP contribution is 2.22. The maximum atomic E-state index is 9.81.